The summed E-state index contributed by atoms with van der Waals surface area (Å²) in [6.07, 6.45) is 1.60. The van der Waals surface area contributed by atoms with Crippen molar-refractivity contribution in [2.45, 2.75) is 18.4 Å². The topological polar surface area (TPSA) is 56.8 Å². The molecular formula is C8H16N2O2. The highest BCUT2D eigenvalue weighted by molar-refractivity contribution is 5.89. The number of hydrogen-bond donors (Lipinski definition) is 1. The van der Waals surface area contributed by atoms with E-state index >= 15 is 0 Å². The molecule has 12 heavy (non-hydrogen) atoms. The average Bonchev–Trinajstić information content (AvgIpc) is 2.17. The first-order valence-electron chi connectivity index (χ1n) is 4.11. The molecule has 4 heteroatoms. The molecule has 1 fully saturated rings. The van der Waals surface area contributed by atoms with Crippen molar-refractivity contribution in [3.63, 3.8) is 0 Å². The van der Waals surface area contributed by atoms with Crippen LogP contribution in [0.2, 0.25) is 0 Å². The first kappa shape index (κ1) is 9.48. The number of ether oxygens (including phenoxy) is 2. The highest BCUT2D eigenvalue weighted by atomic mass is 16.5. The van der Waals surface area contributed by atoms with Gasteiger partial charge in [-0.2, -0.15) is 0 Å². The van der Waals surface area contributed by atoms with Crippen molar-refractivity contribution in [1.29, 1.82) is 0 Å². The van der Waals surface area contributed by atoms with Gasteiger partial charge in [-0.1, -0.05) is 0 Å². The van der Waals surface area contributed by atoms with Gasteiger partial charge in [-0.3, -0.25) is 4.99 Å². The normalized spacial score (nSPS) is 24.0. The Morgan fingerprint density at radius 3 is 2.50 bits per heavy atom. The lowest BCUT2D eigenvalue weighted by Gasteiger charge is -2.34. The third-order valence-corrected chi connectivity index (χ3v) is 2.40. The summed E-state index contributed by atoms with van der Waals surface area (Å²) in [5.41, 5.74) is 5.39. The maximum atomic E-state index is 5.76. The van der Waals surface area contributed by atoms with Gasteiger partial charge in [0.2, 0.25) is 0 Å². The third-order valence-electron chi connectivity index (χ3n) is 2.40. The summed E-state index contributed by atoms with van der Waals surface area (Å²) in [5, 5.41) is 0. The van der Waals surface area contributed by atoms with Crippen LogP contribution in [0, 0.1) is 0 Å². The maximum Gasteiger partial charge on any atom is 0.129 e. The van der Waals surface area contributed by atoms with E-state index < -0.39 is 0 Å². The minimum absolute atomic E-state index is 0.368. The van der Waals surface area contributed by atoms with Gasteiger partial charge in [0.1, 0.15) is 11.4 Å². The first-order valence-corrected chi connectivity index (χ1v) is 4.11. The second kappa shape index (κ2) is 3.87. The lowest BCUT2D eigenvalue weighted by atomic mass is 9.93. The molecule has 0 spiro atoms. The lowest BCUT2D eigenvalue weighted by molar-refractivity contribution is -0.0467. The van der Waals surface area contributed by atoms with E-state index in [9.17, 15) is 0 Å². The fraction of sp³-hybridized carbons (Fsp3) is 0.875. The van der Waals surface area contributed by atoms with Gasteiger partial charge in [0.05, 0.1) is 0 Å². The number of rotatable bonds is 2. The van der Waals surface area contributed by atoms with Crippen LogP contribution in [0.1, 0.15) is 12.8 Å². The summed E-state index contributed by atoms with van der Waals surface area (Å²) in [5.74, 6) is 0.577. The SMILES string of the molecule is CN=C(N)C1(OC)CCOCC1. The molecule has 1 rings (SSSR count). The molecule has 0 atom stereocenters. The molecule has 1 saturated heterocycles. The van der Waals surface area contributed by atoms with Gasteiger partial charge in [0.25, 0.3) is 0 Å². The van der Waals surface area contributed by atoms with Crippen LogP contribution in [0.25, 0.3) is 0 Å². The Morgan fingerprint density at radius 2 is 2.08 bits per heavy atom. The largest absolute Gasteiger partial charge is 0.385 e. The van der Waals surface area contributed by atoms with Crippen molar-refractivity contribution in [2.24, 2.45) is 10.7 Å². The molecule has 0 aliphatic carbocycles. The Bertz CT molecular complexity index is 174. The van der Waals surface area contributed by atoms with Gasteiger partial charge in [-0.15, -0.1) is 0 Å². The van der Waals surface area contributed by atoms with Crippen LogP contribution in [-0.4, -0.2) is 38.8 Å². The fourth-order valence-electron chi connectivity index (χ4n) is 1.47. The van der Waals surface area contributed by atoms with Crippen molar-refractivity contribution in [3.8, 4) is 0 Å². The summed E-state index contributed by atoms with van der Waals surface area (Å²) >= 11 is 0. The molecule has 1 heterocycles. The van der Waals surface area contributed by atoms with Crippen LogP contribution in [-0.2, 0) is 9.47 Å². The quantitative estimate of drug-likeness (QED) is 0.477. The molecule has 0 unspecified atom stereocenters. The molecule has 1 aliphatic rings. The van der Waals surface area contributed by atoms with Crippen molar-refractivity contribution in [2.75, 3.05) is 27.4 Å². The number of aliphatic imine (C=N–C) groups is 1. The second-order valence-corrected chi connectivity index (χ2v) is 2.92. The molecule has 2 N–H and O–H groups in total. The smallest absolute Gasteiger partial charge is 0.129 e. The van der Waals surface area contributed by atoms with Gasteiger partial charge >= 0.3 is 0 Å². The van der Waals surface area contributed by atoms with Crippen LogP contribution >= 0.6 is 0 Å². The summed E-state index contributed by atoms with van der Waals surface area (Å²) in [4.78, 5) is 3.97. The van der Waals surface area contributed by atoms with E-state index in [1.165, 1.54) is 0 Å². The predicted octanol–water partition coefficient (Wildman–Crippen LogP) is 0.169. The second-order valence-electron chi connectivity index (χ2n) is 2.92. The van der Waals surface area contributed by atoms with E-state index in [0.29, 0.717) is 19.0 Å². The van der Waals surface area contributed by atoms with E-state index in [2.05, 4.69) is 4.99 Å². The average molecular weight is 172 g/mol. The van der Waals surface area contributed by atoms with Crippen LogP contribution in [0.3, 0.4) is 0 Å². The monoisotopic (exact) mass is 172 g/mol. The molecule has 0 radical (unpaired) electrons. The van der Waals surface area contributed by atoms with Crippen LogP contribution in [0.15, 0.2) is 4.99 Å². The molecule has 0 bridgehead atoms. The van der Waals surface area contributed by atoms with Crippen LogP contribution in [0.5, 0.6) is 0 Å². The maximum absolute atomic E-state index is 5.76. The Morgan fingerprint density at radius 1 is 1.50 bits per heavy atom. The van der Waals surface area contributed by atoms with Crippen molar-refractivity contribution >= 4 is 5.84 Å². The minimum Gasteiger partial charge on any atom is -0.385 e. The number of nitrogens with two attached hydrogens (primary N) is 1. The Hall–Kier alpha value is -0.610. The number of hydrogen-bond acceptors (Lipinski definition) is 3. The molecule has 0 saturated carbocycles. The van der Waals surface area contributed by atoms with E-state index in [1.807, 2.05) is 0 Å². The molecular weight excluding hydrogens is 156 g/mol. The molecule has 0 aromatic heterocycles. The van der Waals surface area contributed by atoms with Gasteiger partial charge < -0.3 is 15.2 Å². The fourth-order valence-corrected chi connectivity index (χ4v) is 1.47. The third kappa shape index (κ3) is 1.59. The number of amidine groups is 1. The standard InChI is InChI=1S/C8H16N2O2/c1-10-7(9)8(11-2)3-5-12-6-4-8/h3-6H2,1-2H3,(H2,9,10). The lowest BCUT2D eigenvalue weighted by Crippen LogP contribution is -2.49. The minimum atomic E-state index is -0.368. The predicted molar refractivity (Wildman–Crippen MR) is 47.3 cm³/mol. The molecule has 1 aliphatic heterocycles. The summed E-state index contributed by atoms with van der Waals surface area (Å²) < 4.78 is 10.6. The van der Waals surface area contributed by atoms with Crippen LogP contribution < -0.4 is 5.73 Å². The van der Waals surface area contributed by atoms with Gasteiger partial charge in [0.15, 0.2) is 0 Å². The molecule has 0 aromatic carbocycles. The van der Waals surface area contributed by atoms with E-state index in [4.69, 9.17) is 15.2 Å². The zero-order valence-electron chi connectivity index (χ0n) is 7.67. The van der Waals surface area contributed by atoms with Crippen molar-refractivity contribution in [3.05, 3.63) is 0 Å². The summed E-state index contributed by atoms with van der Waals surface area (Å²) in [6, 6.07) is 0. The highest BCUT2D eigenvalue weighted by Crippen LogP contribution is 2.24. The zero-order chi connectivity index (χ0) is 9.03. The number of methoxy groups -OCH3 is 1. The van der Waals surface area contributed by atoms with E-state index in [0.717, 1.165) is 12.8 Å². The van der Waals surface area contributed by atoms with Crippen LogP contribution in [0.4, 0.5) is 0 Å². The summed E-state index contributed by atoms with van der Waals surface area (Å²) in [6.45, 7) is 1.40. The Balaban J connectivity index is 2.73. The summed E-state index contributed by atoms with van der Waals surface area (Å²) in [7, 11) is 3.36. The van der Waals surface area contributed by atoms with E-state index in [1.54, 1.807) is 14.2 Å². The Kier molecular flexibility index (Phi) is 3.05. The molecule has 0 aromatic rings. The zero-order valence-corrected chi connectivity index (χ0v) is 7.67. The molecule has 0 amide bonds. The van der Waals surface area contributed by atoms with Gasteiger partial charge in [-0.25, -0.2) is 0 Å². The highest BCUT2D eigenvalue weighted by Gasteiger charge is 2.36. The first-order chi connectivity index (χ1) is 5.75. The number of nitrogens with zero attached hydrogens (tertiary/aromatic N) is 1. The van der Waals surface area contributed by atoms with Crippen molar-refractivity contribution in [1.82, 2.24) is 0 Å². The van der Waals surface area contributed by atoms with Gasteiger partial charge in [0, 0.05) is 40.2 Å². The molecule has 70 valence electrons. The van der Waals surface area contributed by atoms with E-state index in [-0.39, 0.29) is 5.60 Å². The Labute approximate surface area is 72.8 Å². The van der Waals surface area contributed by atoms with Gasteiger partial charge in [-0.05, 0) is 0 Å². The van der Waals surface area contributed by atoms with Crippen molar-refractivity contribution < 1.29 is 9.47 Å². The molecule has 4 nitrogen and oxygen atoms in total.